The largest absolute Gasteiger partial charge is 0.462 e. The zero-order valence-electron chi connectivity index (χ0n) is 20.6. The number of likely N-dealkylation sites (N-methyl/N-ethyl adjacent to an activating group) is 1. The van der Waals surface area contributed by atoms with E-state index in [0.29, 0.717) is 12.0 Å². The summed E-state index contributed by atoms with van der Waals surface area (Å²) in [7, 11) is 3.69. The van der Waals surface area contributed by atoms with Gasteiger partial charge in [-0.25, -0.2) is 4.79 Å². The highest BCUT2D eigenvalue weighted by atomic mass is 32.1. The van der Waals surface area contributed by atoms with Crippen LogP contribution >= 0.6 is 11.3 Å². The topological polar surface area (TPSA) is 94.7 Å². The van der Waals surface area contributed by atoms with Gasteiger partial charge in [-0.3, -0.25) is 14.5 Å². The second-order valence-corrected chi connectivity index (χ2v) is 11.6. The molecule has 9 heteroatoms. The van der Waals surface area contributed by atoms with Gasteiger partial charge in [0.25, 0.3) is 0 Å². The van der Waals surface area contributed by atoms with Gasteiger partial charge in [-0.05, 0) is 49.5 Å². The molecular formula is C27H29NO7S. The summed E-state index contributed by atoms with van der Waals surface area (Å²) in [5.74, 6) is -1.81. The van der Waals surface area contributed by atoms with Crippen LogP contribution in [0.3, 0.4) is 0 Å². The number of esters is 3. The molecule has 4 heterocycles. The molecule has 0 spiro atoms. The maximum absolute atomic E-state index is 13.3. The average molecular weight is 512 g/mol. The lowest BCUT2D eigenvalue weighted by Crippen LogP contribution is -2.49. The molecule has 4 aliphatic rings. The number of benzene rings is 1. The number of carbonyl (C=O) groups is 3. The molecule has 1 aromatic heterocycles. The Balaban J connectivity index is 1.33. The second kappa shape index (κ2) is 8.39. The van der Waals surface area contributed by atoms with Gasteiger partial charge in [0, 0.05) is 17.0 Å². The molecule has 2 fully saturated rings. The Morgan fingerprint density at radius 2 is 2.00 bits per heavy atom. The molecule has 2 bridgehead atoms. The maximum atomic E-state index is 13.3. The van der Waals surface area contributed by atoms with Crippen molar-refractivity contribution in [1.82, 2.24) is 4.90 Å². The summed E-state index contributed by atoms with van der Waals surface area (Å²) in [4.78, 5) is 40.7. The fraction of sp³-hybridized carbons (Fsp3) is 0.519. The normalized spacial score (nSPS) is 37.1. The zero-order chi connectivity index (χ0) is 25.4. The summed E-state index contributed by atoms with van der Waals surface area (Å²) in [6, 6.07) is 7.40. The van der Waals surface area contributed by atoms with Gasteiger partial charge < -0.3 is 18.9 Å². The Kier molecular flexibility index (Phi) is 5.51. The van der Waals surface area contributed by atoms with E-state index in [0.717, 1.165) is 15.6 Å². The Morgan fingerprint density at radius 3 is 2.78 bits per heavy atom. The molecule has 0 N–H and O–H groups in total. The van der Waals surface area contributed by atoms with Crippen molar-refractivity contribution in [1.29, 1.82) is 0 Å². The van der Waals surface area contributed by atoms with Gasteiger partial charge in [0.1, 0.15) is 18.3 Å². The summed E-state index contributed by atoms with van der Waals surface area (Å²) in [5, 5.41) is 3.02. The third kappa shape index (κ3) is 3.76. The molecule has 2 aromatic rings. The van der Waals surface area contributed by atoms with Crippen LogP contribution in [-0.2, 0) is 39.8 Å². The van der Waals surface area contributed by atoms with Gasteiger partial charge in [0.05, 0.1) is 29.6 Å². The molecule has 8 atom stereocenters. The molecule has 190 valence electrons. The van der Waals surface area contributed by atoms with Crippen LogP contribution in [0.15, 0.2) is 41.3 Å². The second-order valence-electron chi connectivity index (χ2n) is 10.7. The number of carbonyl (C=O) groups excluding carboxylic acids is 3. The summed E-state index contributed by atoms with van der Waals surface area (Å²) in [6.45, 7) is 3.76. The van der Waals surface area contributed by atoms with E-state index in [9.17, 15) is 14.4 Å². The minimum absolute atomic E-state index is 0.121. The zero-order valence-corrected chi connectivity index (χ0v) is 21.4. The molecular weight excluding hydrogens is 482 g/mol. The number of thiophene rings is 1. The van der Waals surface area contributed by atoms with Crippen molar-refractivity contribution in [2.45, 2.75) is 62.7 Å². The minimum Gasteiger partial charge on any atom is -0.462 e. The van der Waals surface area contributed by atoms with E-state index in [4.69, 9.17) is 18.9 Å². The highest BCUT2D eigenvalue weighted by molar-refractivity contribution is 7.17. The number of rotatable bonds is 4. The van der Waals surface area contributed by atoms with E-state index >= 15 is 0 Å². The lowest BCUT2D eigenvalue weighted by Gasteiger charge is -2.32. The van der Waals surface area contributed by atoms with Crippen LogP contribution in [0.1, 0.15) is 25.8 Å². The SMILES string of the molecule is CC1C(=O)OC2CC3(C)OC3C(OC(=O)Cc3csc4ccccc34)C(N(C)C)C3=CC(OC3=O)C21. The molecule has 8 unspecified atom stereocenters. The van der Waals surface area contributed by atoms with Crippen molar-refractivity contribution in [3.8, 4) is 0 Å². The Hall–Kier alpha value is -2.75. The Labute approximate surface area is 213 Å². The fourth-order valence-corrected chi connectivity index (χ4v) is 7.12. The molecule has 1 aliphatic carbocycles. The van der Waals surface area contributed by atoms with E-state index in [1.807, 2.05) is 62.5 Å². The summed E-state index contributed by atoms with van der Waals surface area (Å²) in [5.41, 5.74) is 0.687. The third-order valence-electron chi connectivity index (χ3n) is 8.04. The van der Waals surface area contributed by atoms with Gasteiger partial charge >= 0.3 is 17.9 Å². The molecule has 0 amide bonds. The number of nitrogens with zero attached hydrogens (tertiary/aromatic N) is 1. The van der Waals surface area contributed by atoms with Gasteiger partial charge in [0.2, 0.25) is 0 Å². The predicted octanol–water partition coefficient (Wildman–Crippen LogP) is 2.88. The minimum atomic E-state index is -0.731. The van der Waals surface area contributed by atoms with Crippen molar-refractivity contribution in [2.24, 2.45) is 11.8 Å². The van der Waals surface area contributed by atoms with Gasteiger partial charge in [-0.15, -0.1) is 11.3 Å². The lowest BCUT2D eigenvalue weighted by molar-refractivity contribution is -0.153. The predicted molar refractivity (Wildman–Crippen MR) is 131 cm³/mol. The van der Waals surface area contributed by atoms with Gasteiger partial charge in [-0.2, -0.15) is 0 Å². The van der Waals surface area contributed by atoms with Crippen molar-refractivity contribution in [2.75, 3.05) is 14.1 Å². The van der Waals surface area contributed by atoms with Crippen LogP contribution in [0.2, 0.25) is 0 Å². The van der Waals surface area contributed by atoms with Crippen molar-refractivity contribution >= 4 is 39.3 Å². The Morgan fingerprint density at radius 1 is 1.22 bits per heavy atom. The molecule has 6 rings (SSSR count). The summed E-state index contributed by atoms with van der Waals surface area (Å²) >= 11 is 1.59. The van der Waals surface area contributed by atoms with Gasteiger partial charge in [0.15, 0.2) is 6.10 Å². The molecule has 3 aliphatic heterocycles. The van der Waals surface area contributed by atoms with E-state index in [2.05, 4.69) is 0 Å². The van der Waals surface area contributed by atoms with Crippen molar-refractivity contribution in [3.63, 3.8) is 0 Å². The third-order valence-corrected chi connectivity index (χ3v) is 9.06. The first-order valence-corrected chi connectivity index (χ1v) is 13.2. The van der Waals surface area contributed by atoms with Crippen molar-refractivity contribution in [3.05, 3.63) is 46.9 Å². The Bertz CT molecular complexity index is 1280. The average Bonchev–Trinajstić information content (AvgIpc) is 3.06. The number of epoxide rings is 1. The molecule has 36 heavy (non-hydrogen) atoms. The monoisotopic (exact) mass is 511 g/mol. The smallest absolute Gasteiger partial charge is 0.336 e. The van der Waals surface area contributed by atoms with Crippen LogP contribution in [0, 0.1) is 11.8 Å². The van der Waals surface area contributed by atoms with E-state index < -0.39 is 47.9 Å². The fourth-order valence-electron chi connectivity index (χ4n) is 6.16. The van der Waals surface area contributed by atoms with Crippen LogP contribution in [-0.4, -0.2) is 73.0 Å². The van der Waals surface area contributed by atoms with E-state index in [1.165, 1.54) is 0 Å². The molecule has 2 saturated heterocycles. The van der Waals surface area contributed by atoms with E-state index in [-0.39, 0.29) is 24.3 Å². The highest BCUT2D eigenvalue weighted by Crippen LogP contribution is 2.51. The lowest BCUT2D eigenvalue weighted by atomic mass is 9.79. The molecule has 0 radical (unpaired) electrons. The first-order chi connectivity index (χ1) is 17.2. The first kappa shape index (κ1) is 23.6. The molecule has 0 saturated carbocycles. The molecule has 8 nitrogen and oxygen atoms in total. The quantitative estimate of drug-likeness (QED) is 0.351. The standard InChI is InChI=1S/C27H29NO7S/c1-13-21-17-10-16(26(31)32-17)22(28(3)4)23(24-27(2,35-24)11-18(21)33-25(13)30)34-20(29)9-14-12-36-19-8-6-5-7-15(14)19/h5-8,10,12-13,17-18,21-24H,9,11H2,1-4H3. The van der Waals surface area contributed by atoms with E-state index in [1.54, 1.807) is 17.4 Å². The number of ether oxygens (including phenoxy) is 4. The van der Waals surface area contributed by atoms with Gasteiger partial charge in [-0.1, -0.05) is 25.1 Å². The van der Waals surface area contributed by atoms with Crippen LogP contribution < -0.4 is 0 Å². The van der Waals surface area contributed by atoms with Crippen molar-refractivity contribution < 1.29 is 33.3 Å². The maximum Gasteiger partial charge on any atom is 0.336 e. The summed E-state index contributed by atoms with van der Waals surface area (Å²) < 4.78 is 24.9. The number of hydrogen-bond donors (Lipinski definition) is 0. The number of hydrogen-bond acceptors (Lipinski definition) is 9. The van der Waals surface area contributed by atoms with Crippen LogP contribution in [0.25, 0.3) is 10.1 Å². The highest BCUT2D eigenvalue weighted by Gasteiger charge is 2.65. The number of fused-ring (bicyclic) bond motifs is 5. The van der Waals surface area contributed by atoms with Crippen LogP contribution in [0.5, 0.6) is 0 Å². The summed E-state index contributed by atoms with van der Waals surface area (Å²) in [6.07, 6.45) is 0.158. The first-order valence-electron chi connectivity index (χ1n) is 12.3. The van der Waals surface area contributed by atoms with Crippen LogP contribution in [0.4, 0.5) is 0 Å². The molecule has 1 aromatic carbocycles.